The molecule has 2 amide bonds. The molecule has 2 heterocycles. The Morgan fingerprint density at radius 1 is 1.09 bits per heavy atom. The van der Waals surface area contributed by atoms with E-state index in [1.807, 2.05) is 6.07 Å². The van der Waals surface area contributed by atoms with Crippen LogP contribution < -0.4 is 24.6 Å². The second-order valence-electron chi connectivity index (χ2n) is 7.69. The number of methoxy groups -OCH3 is 2. The molecule has 0 spiro atoms. The molecule has 2 aromatic carbocycles. The van der Waals surface area contributed by atoms with Crippen LogP contribution in [0.4, 0.5) is 17.1 Å². The molecule has 1 N–H and O–H groups in total. The Hall–Kier alpha value is -2.97. The van der Waals surface area contributed by atoms with Crippen molar-refractivity contribution in [2.24, 2.45) is 5.92 Å². The molecule has 2 saturated heterocycles. The molecule has 8 nitrogen and oxygen atoms in total. The lowest BCUT2D eigenvalue weighted by molar-refractivity contribution is -0.122. The van der Waals surface area contributed by atoms with Crippen LogP contribution >= 0.6 is 11.6 Å². The van der Waals surface area contributed by atoms with Crippen molar-refractivity contribution in [1.82, 2.24) is 0 Å². The van der Waals surface area contributed by atoms with Crippen LogP contribution in [0.3, 0.4) is 0 Å². The van der Waals surface area contributed by atoms with Gasteiger partial charge in [0, 0.05) is 42.8 Å². The van der Waals surface area contributed by atoms with E-state index in [0.717, 1.165) is 18.8 Å². The average Bonchev–Trinajstić information content (AvgIpc) is 3.21. The van der Waals surface area contributed by atoms with Gasteiger partial charge in [-0.1, -0.05) is 11.6 Å². The fourth-order valence-corrected chi connectivity index (χ4v) is 4.22. The second-order valence-corrected chi connectivity index (χ2v) is 8.13. The predicted octanol–water partition coefficient (Wildman–Crippen LogP) is 3.19. The Morgan fingerprint density at radius 2 is 1.84 bits per heavy atom. The Labute approximate surface area is 192 Å². The molecule has 1 unspecified atom stereocenters. The third-order valence-corrected chi connectivity index (χ3v) is 5.98. The smallest absolute Gasteiger partial charge is 0.229 e. The van der Waals surface area contributed by atoms with Crippen molar-refractivity contribution < 1.29 is 23.8 Å². The minimum atomic E-state index is -0.480. The van der Waals surface area contributed by atoms with Gasteiger partial charge in [0.05, 0.1) is 44.7 Å². The van der Waals surface area contributed by atoms with Gasteiger partial charge < -0.3 is 29.3 Å². The molecule has 0 radical (unpaired) electrons. The quantitative estimate of drug-likeness (QED) is 0.714. The predicted molar refractivity (Wildman–Crippen MR) is 123 cm³/mol. The maximum atomic E-state index is 13.1. The zero-order valence-electron chi connectivity index (χ0n) is 18.1. The molecule has 2 aliphatic rings. The first-order valence-corrected chi connectivity index (χ1v) is 10.8. The summed E-state index contributed by atoms with van der Waals surface area (Å²) in [5, 5.41) is 3.53. The van der Waals surface area contributed by atoms with Crippen molar-refractivity contribution in [2.45, 2.75) is 6.42 Å². The summed E-state index contributed by atoms with van der Waals surface area (Å²) in [6, 6.07) is 10.7. The molecule has 9 heteroatoms. The number of rotatable bonds is 6. The Bertz CT molecular complexity index is 1010. The lowest BCUT2D eigenvalue weighted by atomic mass is 10.1. The third kappa shape index (κ3) is 4.61. The van der Waals surface area contributed by atoms with Crippen LogP contribution in [0.5, 0.6) is 11.5 Å². The number of nitrogens with zero attached hydrogens (tertiary/aromatic N) is 2. The SMILES string of the molecule is COc1ccc(N2CC(C(=O)Nc3cc(Cl)ccc3N3CCOCC3)CC2=O)cc1OC. The first kappa shape index (κ1) is 22.2. The summed E-state index contributed by atoms with van der Waals surface area (Å²) in [7, 11) is 3.10. The lowest BCUT2D eigenvalue weighted by Gasteiger charge is -2.30. The summed E-state index contributed by atoms with van der Waals surface area (Å²) in [4.78, 5) is 29.5. The Balaban J connectivity index is 1.50. The molecule has 0 saturated carbocycles. The third-order valence-electron chi connectivity index (χ3n) is 5.74. The number of hydrogen-bond acceptors (Lipinski definition) is 6. The highest BCUT2D eigenvalue weighted by atomic mass is 35.5. The van der Waals surface area contributed by atoms with E-state index < -0.39 is 5.92 Å². The number of hydrogen-bond donors (Lipinski definition) is 1. The summed E-state index contributed by atoms with van der Waals surface area (Å²) in [5.41, 5.74) is 2.20. The van der Waals surface area contributed by atoms with Gasteiger partial charge >= 0.3 is 0 Å². The molecule has 4 rings (SSSR count). The number of anilines is 3. The van der Waals surface area contributed by atoms with Gasteiger partial charge in [0.1, 0.15) is 0 Å². The normalized spacial score (nSPS) is 18.6. The first-order chi connectivity index (χ1) is 15.5. The summed E-state index contributed by atoms with van der Waals surface area (Å²) < 4.78 is 16.0. The van der Waals surface area contributed by atoms with Crippen molar-refractivity contribution in [2.75, 3.05) is 62.2 Å². The van der Waals surface area contributed by atoms with Gasteiger partial charge in [-0.2, -0.15) is 0 Å². The van der Waals surface area contributed by atoms with Gasteiger partial charge in [0.25, 0.3) is 0 Å². The van der Waals surface area contributed by atoms with Crippen molar-refractivity contribution >= 4 is 40.5 Å². The standard InChI is InChI=1S/C23H26ClN3O5/c1-30-20-6-4-17(13-21(20)31-2)27-14-15(11-22(27)28)23(29)25-18-12-16(24)3-5-19(18)26-7-9-32-10-8-26/h3-6,12-13,15H,7-11,14H2,1-2H3,(H,25,29). The number of ether oxygens (including phenoxy) is 3. The zero-order valence-corrected chi connectivity index (χ0v) is 18.9. The van der Waals surface area contributed by atoms with E-state index in [2.05, 4.69) is 10.2 Å². The van der Waals surface area contributed by atoms with Crippen LogP contribution in [-0.2, 0) is 14.3 Å². The van der Waals surface area contributed by atoms with Gasteiger partial charge in [-0.15, -0.1) is 0 Å². The summed E-state index contributed by atoms with van der Waals surface area (Å²) in [6.45, 7) is 3.02. The van der Waals surface area contributed by atoms with Crippen molar-refractivity contribution in [3.63, 3.8) is 0 Å². The van der Waals surface area contributed by atoms with Gasteiger partial charge in [0.15, 0.2) is 11.5 Å². The highest BCUT2D eigenvalue weighted by Gasteiger charge is 2.36. The molecular formula is C23H26ClN3O5. The number of amides is 2. The molecule has 0 aromatic heterocycles. The van der Waals surface area contributed by atoms with E-state index >= 15 is 0 Å². The molecule has 2 fully saturated rings. The van der Waals surface area contributed by atoms with E-state index in [-0.39, 0.29) is 24.8 Å². The van der Waals surface area contributed by atoms with E-state index in [4.69, 9.17) is 25.8 Å². The minimum absolute atomic E-state index is 0.114. The summed E-state index contributed by atoms with van der Waals surface area (Å²) >= 11 is 6.20. The molecular weight excluding hydrogens is 434 g/mol. The van der Waals surface area contributed by atoms with Crippen LogP contribution in [0.2, 0.25) is 5.02 Å². The van der Waals surface area contributed by atoms with Crippen molar-refractivity contribution in [1.29, 1.82) is 0 Å². The highest BCUT2D eigenvalue weighted by Crippen LogP contribution is 2.35. The fourth-order valence-electron chi connectivity index (χ4n) is 4.05. The molecule has 2 aromatic rings. The maximum Gasteiger partial charge on any atom is 0.229 e. The van der Waals surface area contributed by atoms with Crippen LogP contribution in [0, 0.1) is 5.92 Å². The zero-order chi connectivity index (χ0) is 22.7. The monoisotopic (exact) mass is 459 g/mol. The summed E-state index contributed by atoms with van der Waals surface area (Å²) in [5.74, 6) is 0.302. The van der Waals surface area contributed by atoms with Crippen LogP contribution in [0.1, 0.15) is 6.42 Å². The largest absolute Gasteiger partial charge is 0.493 e. The lowest BCUT2D eigenvalue weighted by Crippen LogP contribution is -2.37. The highest BCUT2D eigenvalue weighted by molar-refractivity contribution is 6.31. The molecule has 1 atom stereocenters. The fraction of sp³-hybridized carbons (Fsp3) is 0.391. The first-order valence-electron chi connectivity index (χ1n) is 10.5. The maximum absolute atomic E-state index is 13.1. The number of halogens is 1. The van der Waals surface area contributed by atoms with E-state index in [0.29, 0.717) is 41.1 Å². The van der Waals surface area contributed by atoms with E-state index in [1.54, 1.807) is 49.5 Å². The molecule has 0 bridgehead atoms. The molecule has 0 aliphatic carbocycles. The summed E-state index contributed by atoms with van der Waals surface area (Å²) in [6.07, 6.45) is 0.133. The molecule has 170 valence electrons. The Morgan fingerprint density at radius 3 is 2.56 bits per heavy atom. The van der Waals surface area contributed by atoms with Gasteiger partial charge in [0.2, 0.25) is 11.8 Å². The minimum Gasteiger partial charge on any atom is -0.493 e. The average molecular weight is 460 g/mol. The van der Waals surface area contributed by atoms with E-state index in [9.17, 15) is 9.59 Å². The molecule has 32 heavy (non-hydrogen) atoms. The topological polar surface area (TPSA) is 80.3 Å². The molecule has 2 aliphatic heterocycles. The number of carbonyl (C=O) groups is 2. The van der Waals surface area contributed by atoms with Gasteiger partial charge in [-0.05, 0) is 30.3 Å². The van der Waals surface area contributed by atoms with Crippen molar-refractivity contribution in [3.8, 4) is 11.5 Å². The van der Waals surface area contributed by atoms with Crippen LogP contribution in [0.25, 0.3) is 0 Å². The van der Waals surface area contributed by atoms with Crippen LogP contribution in [0.15, 0.2) is 36.4 Å². The van der Waals surface area contributed by atoms with Gasteiger partial charge in [-0.3, -0.25) is 9.59 Å². The second kappa shape index (κ2) is 9.67. The van der Waals surface area contributed by atoms with Crippen LogP contribution in [-0.4, -0.2) is 58.9 Å². The van der Waals surface area contributed by atoms with E-state index in [1.165, 1.54) is 0 Å². The van der Waals surface area contributed by atoms with Crippen molar-refractivity contribution in [3.05, 3.63) is 41.4 Å². The Kier molecular flexibility index (Phi) is 6.72. The number of benzene rings is 2. The number of carbonyl (C=O) groups excluding carboxylic acids is 2. The number of nitrogens with one attached hydrogen (secondary N) is 1. The number of morpholine rings is 1. The van der Waals surface area contributed by atoms with Gasteiger partial charge in [-0.25, -0.2) is 0 Å².